The van der Waals surface area contributed by atoms with Gasteiger partial charge in [-0.1, -0.05) is 11.6 Å². The number of anilines is 1. The van der Waals surface area contributed by atoms with Crippen LogP contribution < -0.4 is 10.6 Å². The van der Waals surface area contributed by atoms with Gasteiger partial charge in [0, 0.05) is 6.07 Å². The van der Waals surface area contributed by atoms with E-state index in [2.05, 4.69) is 10.6 Å². The van der Waals surface area contributed by atoms with E-state index in [9.17, 15) is 18.7 Å². The molecule has 0 spiro atoms. The largest absolute Gasteiger partial charge is 0.384 e. The highest BCUT2D eigenvalue weighted by Gasteiger charge is 2.24. The van der Waals surface area contributed by atoms with Crippen molar-refractivity contribution < 1.29 is 18.7 Å². The van der Waals surface area contributed by atoms with Crippen molar-refractivity contribution in [3.63, 3.8) is 0 Å². The highest BCUT2D eigenvalue weighted by atomic mass is 35.5. The smallest absolute Gasteiger partial charge is 0.319 e. The normalized spacial score (nSPS) is 13.5. The molecule has 0 aliphatic carbocycles. The molecule has 4 nitrogen and oxygen atoms in total. The standard InChI is InChI=1S/C14H13ClF2N2O2S/c1-14(21,8-2-3-22-6-8)7-18-13(20)19-12-10(15)4-9(16)5-11(12)17/h2-6,21H,7H2,1H3,(H2,18,19,20). The Morgan fingerprint density at radius 1 is 1.45 bits per heavy atom. The summed E-state index contributed by atoms with van der Waals surface area (Å²) in [6, 6.07) is 2.48. The fourth-order valence-electron chi connectivity index (χ4n) is 1.74. The molecule has 1 heterocycles. The second kappa shape index (κ2) is 6.60. The van der Waals surface area contributed by atoms with Gasteiger partial charge in [0.2, 0.25) is 0 Å². The highest BCUT2D eigenvalue weighted by Crippen LogP contribution is 2.26. The summed E-state index contributed by atoms with van der Waals surface area (Å²) in [4.78, 5) is 11.8. The van der Waals surface area contributed by atoms with Crippen LogP contribution in [0.5, 0.6) is 0 Å². The summed E-state index contributed by atoms with van der Waals surface area (Å²) < 4.78 is 26.5. The third-order valence-corrected chi connectivity index (χ3v) is 3.96. The number of amides is 2. The molecule has 0 aliphatic rings. The maximum absolute atomic E-state index is 13.6. The second-order valence-corrected chi connectivity index (χ2v) is 6.03. The van der Waals surface area contributed by atoms with E-state index in [0.29, 0.717) is 11.6 Å². The van der Waals surface area contributed by atoms with Crippen molar-refractivity contribution in [2.24, 2.45) is 0 Å². The van der Waals surface area contributed by atoms with Gasteiger partial charge in [-0.05, 0) is 35.4 Å². The van der Waals surface area contributed by atoms with Crippen molar-refractivity contribution in [1.29, 1.82) is 0 Å². The van der Waals surface area contributed by atoms with Gasteiger partial charge >= 0.3 is 6.03 Å². The summed E-state index contributed by atoms with van der Waals surface area (Å²) >= 11 is 7.10. The zero-order chi connectivity index (χ0) is 16.3. The molecule has 0 aliphatic heterocycles. The Morgan fingerprint density at radius 3 is 2.77 bits per heavy atom. The molecule has 8 heteroatoms. The fraction of sp³-hybridized carbons (Fsp3) is 0.214. The van der Waals surface area contributed by atoms with E-state index in [1.165, 1.54) is 11.3 Å². The maximum atomic E-state index is 13.6. The summed E-state index contributed by atoms with van der Waals surface area (Å²) in [7, 11) is 0. The van der Waals surface area contributed by atoms with Gasteiger partial charge in [-0.15, -0.1) is 0 Å². The Bertz CT molecular complexity index is 654. The number of aliphatic hydroxyl groups is 1. The molecule has 2 aromatic rings. The van der Waals surface area contributed by atoms with Crippen molar-refractivity contribution >= 4 is 34.7 Å². The Kier molecular flexibility index (Phi) is 5.00. The molecule has 1 unspecified atom stereocenters. The molecule has 1 atom stereocenters. The third-order valence-electron chi connectivity index (χ3n) is 2.98. The van der Waals surface area contributed by atoms with Crippen LogP contribution in [0.2, 0.25) is 5.02 Å². The van der Waals surface area contributed by atoms with Crippen molar-refractivity contribution in [1.82, 2.24) is 5.32 Å². The van der Waals surface area contributed by atoms with Crippen LogP contribution in [0.3, 0.4) is 0 Å². The predicted octanol–water partition coefficient (Wildman–Crippen LogP) is 3.71. The van der Waals surface area contributed by atoms with Crippen LogP contribution >= 0.6 is 22.9 Å². The van der Waals surface area contributed by atoms with Crippen LogP contribution in [0.4, 0.5) is 19.3 Å². The quantitative estimate of drug-likeness (QED) is 0.790. The number of rotatable bonds is 4. The maximum Gasteiger partial charge on any atom is 0.319 e. The topological polar surface area (TPSA) is 61.4 Å². The summed E-state index contributed by atoms with van der Waals surface area (Å²) in [6.45, 7) is 1.46. The van der Waals surface area contributed by atoms with E-state index in [0.717, 1.165) is 6.07 Å². The lowest BCUT2D eigenvalue weighted by atomic mass is 9.99. The monoisotopic (exact) mass is 346 g/mol. The van der Waals surface area contributed by atoms with Gasteiger partial charge in [0.05, 0.1) is 17.3 Å². The van der Waals surface area contributed by atoms with Crippen LogP contribution in [0.1, 0.15) is 12.5 Å². The van der Waals surface area contributed by atoms with Gasteiger partial charge in [0.25, 0.3) is 0 Å². The Hall–Kier alpha value is -1.70. The summed E-state index contributed by atoms with van der Waals surface area (Å²) in [6.07, 6.45) is 0. The first-order chi connectivity index (χ1) is 10.3. The molecule has 0 saturated carbocycles. The van der Waals surface area contributed by atoms with Gasteiger partial charge in [0.15, 0.2) is 5.82 Å². The molecular formula is C14H13ClF2N2O2S. The lowest BCUT2D eigenvalue weighted by Crippen LogP contribution is -2.40. The minimum atomic E-state index is -1.26. The van der Waals surface area contributed by atoms with Crippen LogP contribution in [0.25, 0.3) is 0 Å². The first kappa shape index (κ1) is 16.7. The molecule has 118 valence electrons. The number of carbonyl (C=O) groups is 1. The van der Waals surface area contributed by atoms with Crippen molar-refractivity contribution in [2.45, 2.75) is 12.5 Å². The molecular weight excluding hydrogens is 334 g/mol. The van der Waals surface area contributed by atoms with E-state index in [-0.39, 0.29) is 17.3 Å². The Morgan fingerprint density at radius 2 is 2.18 bits per heavy atom. The lowest BCUT2D eigenvalue weighted by Gasteiger charge is -2.23. The minimum Gasteiger partial charge on any atom is -0.384 e. The lowest BCUT2D eigenvalue weighted by molar-refractivity contribution is 0.0604. The minimum absolute atomic E-state index is 0.0873. The summed E-state index contributed by atoms with van der Waals surface area (Å²) in [5, 5.41) is 18.2. The molecule has 22 heavy (non-hydrogen) atoms. The van der Waals surface area contributed by atoms with E-state index in [1.807, 2.05) is 0 Å². The SMILES string of the molecule is CC(O)(CNC(=O)Nc1c(F)cc(F)cc1Cl)c1ccsc1. The summed E-state index contributed by atoms with van der Waals surface area (Å²) in [5.74, 6) is -1.82. The van der Waals surface area contributed by atoms with Crippen LogP contribution in [0.15, 0.2) is 29.0 Å². The van der Waals surface area contributed by atoms with Gasteiger partial charge in [0.1, 0.15) is 11.4 Å². The number of nitrogens with one attached hydrogen (secondary N) is 2. The van der Waals surface area contributed by atoms with Crippen molar-refractivity contribution in [3.8, 4) is 0 Å². The van der Waals surface area contributed by atoms with Gasteiger partial charge < -0.3 is 15.7 Å². The molecule has 0 saturated heterocycles. The molecule has 1 aromatic heterocycles. The molecule has 0 bridgehead atoms. The van der Waals surface area contributed by atoms with Crippen molar-refractivity contribution in [2.75, 3.05) is 11.9 Å². The first-order valence-electron chi connectivity index (χ1n) is 6.24. The molecule has 1 aromatic carbocycles. The number of hydrogen-bond donors (Lipinski definition) is 3. The first-order valence-corrected chi connectivity index (χ1v) is 7.56. The van der Waals surface area contributed by atoms with Gasteiger partial charge in [-0.25, -0.2) is 13.6 Å². The van der Waals surface area contributed by atoms with E-state index >= 15 is 0 Å². The number of halogens is 3. The number of carbonyl (C=O) groups excluding carboxylic acids is 1. The number of benzene rings is 1. The number of thiophene rings is 1. The second-order valence-electron chi connectivity index (χ2n) is 4.84. The van der Waals surface area contributed by atoms with Gasteiger partial charge in [-0.3, -0.25) is 0 Å². The van der Waals surface area contributed by atoms with E-state index in [4.69, 9.17) is 11.6 Å². The molecule has 0 fully saturated rings. The van der Waals surface area contributed by atoms with Gasteiger partial charge in [-0.2, -0.15) is 11.3 Å². The molecule has 2 amide bonds. The Balaban J connectivity index is 2.00. The van der Waals surface area contributed by atoms with E-state index in [1.54, 1.807) is 23.8 Å². The van der Waals surface area contributed by atoms with Crippen LogP contribution in [0, 0.1) is 11.6 Å². The molecule has 0 radical (unpaired) electrons. The van der Waals surface area contributed by atoms with Crippen LogP contribution in [-0.2, 0) is 5.60 Å². The summed E-state index contributed by atoms with van der Waals surface area (Å²) in [5.41, 5.74) is -0.929. The number of urea groups is 1. The fourth-order valence-corrected chi connectivity index (χ4v) is 2.77. The van der Waals surface area contributed by atoms with Crippen molar-refractivity contribution in [3.05, 3.63) is 51.2 Å². The average Bonchev–Trinajstić information content (AvgIpc) is 2.95. The average molecular weight is 347 g/mol. The zero-order valence-electron chi connectivity index (χ0n) is 11.5. The molecule has 3 N–H and O–H groups in total. The third kappa shape index (κ3) is 3.94. The number of hydrogen-bond acceptors (Lipinski definition) is 3. The van der Waals surface area contributed by atoms with E-state index < -0.39 is 23.3 Å². The highest BCUT2D eigenvalue weighted by molar-refractivity contribution is 7.08. The van der Waals surface area contributed by atoms with Crippen LogP contribution in [-0.4, -0.2) is 17.7 Å². The zero-order valence-corrected chi connectivity index (χ0v) is 13.1. The predicted molar refractivity (Wildman–Crippen MR) is 82.3 cm³/mol. The molecule has 2 rings (SSSR count). The Labute approximate surface area is 134 Å².